The number of amides is 1. The molecule has 1 saturated heterocycles. The normalized spacial score (nSPS) is 21.0. The maximum Gasteiger partial charge on any atom is 0.254 e. The Balaban J connectivity index is 2.00. The van der Waals surface area contributed by atoms with Crippen molar-refractivity contribution in [1.82, 2.24) is 14.8 Å². The number of hydrogen-bond acceptors (Lipinski definition) is 3. The van der Waals surface area contributed by atoms with Crippen LogP contribution in [0, 0.1) is 5.92 Å². The molecule has 1 N–H and O–H groups in total. The van der Waals surface area contributed by atoms with Gasteiger partial charge in [0.1, 0.15) is 0 Å². The number of fused-ring (bicyclic) bond motifs is 1. The van der Waals surface area contributed by atoms with E-state index in [2.05, 4.69) is 16.8 Å². The van der Waals surface area contributed by atoms with Gasteiger partial charge < -0.3 is 14.8 Å². The molecule has 6 heteroatoms. The average molecular weight is 348 g/mol. The molecule has 24 heavy (non-hydrogen) atoms. The summed E-state index contributed by atoms with van der Waals surface area (Å²) >= 11 is 6.08. The highest BCUT2D eigenvalue weighted by Gasteiger charge is 2.36. The molecule has 1 aromatic carbocycles. The molecule has 0 saturated carbocycles. The van der Waals surface area contributed by atoms with Gasteiger partial charge in [-0.15, -0.1) is 0 Å². The molecule has 0 spiro atoms. The molecule has 0 radical (unpaired) electrons. The monoisotopic (exact) mass is 347 g/mol. The molecule has 0 aliphatic carbocycles. The number of nitrogens with one attached hydrogen (secondary N) is 1. The van der Waals surface area contributed by atoms with Crippen LogP contribution < -0.4 is 5.56 Å². The molecule has 128 valence electrons. The summed E-state index contributed by atoms with van der Waals surface area (Å²) in [4.78, 5) is 31.8. The number of aromatic nitrogens is 1. The average Bonchev–Trinajstić information content (AvgIpc) is 2.98. The van der Waals surface area contributed by atoms with E-state index in [1.807, 2.05) is 19.0 Å². The standard InChI is InChI=1S/C18H22ClN3O2/c1-4-11-9-22(10-16(11)21(2)3)18(24)14-8-17(23)20-15-6-5-12(19)7-13(14)15/h5-8,11,16H,4,9-10H2,1-3H3,(H,20,23). The van der Waals surface area contributed by atoms with E-state index in [-0.39, 0.29) is 11.5 Å². The third-order valence-corrected chi connectivity index (χ3v) is 5.15. The van der Waals surface area contributed by atoms with Gasteiger partial charge >= 0.3 is 0 Å². The van der Waals surface area contributed by atoms with Crippen molar-refractivity contribution in [3.05, 3.63) is 45.2 Å². The molecule has 2 aromatic rings. The lowest BCUT2D eigenvalue weighted by Gasteiger charge is -2.23. The van der Waals surface area contributed by atoms with Gasteiger partial charge in [0.05, 0.1) is 5.56 Å². The highest BCUT2D eigenvalue weighted by molar-refractivity contribution is 6.31. The zero-order chi connectivity index (χ0) is 17.4. The van der Waals surface area contributed by atoms with Gasteiger partial charge in [0, 0.05) is 41.1 Å². The summed E-state index contributed by atoms with van der Waals surface area (Å²) in [7, 11) is 4.09. The number of likely N-dealkylation sites (N-methyl/N-ethyl adjacent to an activating group) is 1. The molecule has 0 bridgehead atoms. The number of pyridine rings is 1. The Morgan fingerprint density at radius 1 is 1.33 bits per heavy atom. The van der Waals surface area contributed by atoms with Gasteiger partial charge in [-0.2, -0.15) is 0 Å². The SMILES string of the molecule is CCC1CN(C(=O)c2cc(=O)[nH]c3ccc(Cl)cc23)CC1N(C)C. The second-order valence-corrected chi connectivity index (χ2v) is 7.08. The smallest absolute Gasteiger partial charge is 0.254 e. The van der Waals surface area contributed by atoms with Crippen molar-refractivity contribution < 1.29 is 4.79 Å². The van der Waals surface area contributed by atoms with E-state index in [0.717, 1.165) is 6.42 Å². The van der Waals surface area contributed by atoms with Crippen molar-refractivity contribution in [1.29, 1.82) is 0 Å². The van der Waals surface area contributed by atoms with Crippen molar-refractivity contribution in [3.63, 3.8) is 0 Å². The number of hydrogen-bond donors (Lipinski definition) is 1. The molecule has 3 rings (SSSR count). The summed E-state index contributed by atoms with van der Waals surface area (Å²) in [5.74, 6) is 0.344. The summed E-state index contributed by atoms with van der Waals surface area (Å²) in [6.07, 6.45) is 1.02. The Bertz CT molecular complexity index is 831. The molecule has 1 aliphatic rings. The second-order valence-electron chi connectivity index (χ2n) is 6.65. The minimum Gasteiger partial charge on any atom is -0.337 e. The summed E-state index contributed by atoms with van der Waals surface area (Å²) < 4.78 is 0. The van der Waals surface area contributed by atoms with Crippen LogP contribution >= 0.6 is 11.6 Å². The van der Waals surface area contributed by atoms with Crippen LogP contribution in [0.5, 0.6) is 0 Å². The van der Waals surface area contributed by atoms with Crippen LogP contribution in [0.25, 0.3) is 10.9 Å². The van der Waals surface area contributed by atoms with Gasteiger partial charge in [-0.25, -0.2) is 0 Å². The zero-order valence-electron chi connectivity index (χ0n) is 14.2. The molecule has 2 atom stereocenters. The van der Waals surface area contributed by atoms with Gasteiger partial charge in [-0.3, -0.25) is 9.59 Å². The van der Waals surface area contributed by atoms with E-state index in [0.29, 0.717) is 46.5 Å². The van der Waals surface area contributed by atoms with Gasteiger partial charge in [0.15, 0.2) is 0 Å². The quantitative estimate of drug-likeness (QED) is 0.928. The summed E-state index contributed by atoms with van der Waals surface area (Å²) in [5.41, 5.74) is 0.778. The zero-order valence-corrected chi connectivity index (χ0v) is 14.9. The fourth-order valence-corrected chi connectivity index (χ4v) is 3.75. The number of nitrogens with zero attached hydrogens (tertiary/aromatic N) is 2. The van der Waals surface area contributed by atoms with Gasteiger partial charge in [0.2, 0.25) is 5.56 Å². The molecule has 1 amide bonds. The third kappa shape index (κ3) is 3.06. The van der Waals surface area contributed by atoms with Crippen LogP contribution in [-0.2, 0) is 0 Å². The highest BCUT2D eigenvalue weighted by Crippen LogP contribution is 2.27. The van der Waals surface area contributed by atoms with Crippen molar-refractivity contribution >= 4 is 28.4 Å². The van der Waals surface area contributed by atoms with Crippen LogP contribution in [0.15, 0.2) is 29.1 Å². The highest BCUT2D eigenvalue weighted by atomic mass is 35.5. The Kier molecular flexibility index (Phi) is 4.65. The molecule has 1 aromatic heterocycles. The van der Waals surface area contributed by atoms with Crippen molar-refractivity contribution in [2.45, 2.75) is 19.4 Å². The first kappa shape index (κ1) is 17.0. The second kappa shape index (κ2) is 6.57. The largest absolute Gasteiger partial charge is 0.337 e. The number of carbonyl (C=O) groups excluding carboxylic acids is 1. The Labute approximate surface area is 146 Å². The Morgan fingerprint density at radius 3 is 2.71 bits per heavy atom. The number of benzene rings is 1. The van der Waals surface area contributed by atoms with E-state index in [9.17, 15) is 9.59 Å². The first-order chi connectivity index (χ1) is 11.4. The summed E-state index contributed by atoms with van der Waals surface area (Å²) in [6, 6.07) is 6.90. The van der Waals surface area contributed by atoms with E-state index in [1.165, 1.54) is 6.07 Å². The number of aromatic amines is 1. The molecule has 1 fully saturated rings. The van der Waals surface area contributed by atoms with Gasteiger partial charge in [-0.05, 0) is 38.2 Å². The molecular weight excluding hydrogens is 326 g/mol. The van der Waals surface area contributed by atoms with Crippen LogP contribution in [0.2, 0.25) is 5.02 Å². The van der Waals surface area contributed by atoms with E-state index < -0.39 is 0 Å². The number of carbonyl (C=O) groups is 1. The van der Waals surface area contributed by atoms with Crippen molar-refractivity contribution in [2.75, 3.05) is 27.2 Å². The van der Waals surface area contributed by atoms with E-state index >= 15 is 0 Å². The molecule has 2 unspecified atom stereocenters. The minimum absolute atomic E-state index is 0.101. The fourth-order valence-electron chi connectivity index (χ4n) is 3.58. The summed E-state index contributed by atoms with van der Waals surface area (Å²) in [5, 5.41) is 1.23. The first-order valence-electron chi connectivity index (χ1n) is 8.19. The number of rotatable bonds is 3. The lowest BCUT2D eigenvalue weighted by atomic mass is 10.0. The maximum atomic E-state index is 13.1. The topological polar surface area (TPSA) is 56.4 Å². The van der Waals surface area contributed by atoms with Gasteiger partial charge in [0.25, 0.3) is 5.91 Å². The van der Waals surface area contributed by atoms with Crippen molar-refractivity contribution in [3.8, 4) is 0 Å². The minimum atomic E-state index is -0.274. The van der Waals surface area contributed by atoms with Crippen molar-refractivity contribution in [2.24, 2.45) is 5.92 Å². The Hall–Kier alpha value is -1.85. The fraction of sp³-hybridized carbons (Fsp3) is 0.444. The van der Waals surface area contributed by atoms with Crippen LogP contribution in [0.1, 0.15) is 23.7 Å². The van der Waals surface area contributed by atoms with Crippen LogP contribution in [-0.4, -0.2) is 53.9 Å². The van der Waals surface area contributed by atoms with E-state index in [1.54, 1.807) is 18.2 Å². The number of H-pyrrole nitrogens is 1. The predicted molar refractivity (Wildman–Crippen MR) is 96.7 cm³/mol. The van der Waals surface area contributed by atoms with Gasteiger partial charge in [-0.1, -0.05) is 24.9 Å². The van der Waals surface area contributed by atoms with Crippen LogP contribution in [0.3, 0.4) is 0 Å². The van der Waals surface area contributed by atoms with Crippen LogP contribution in [0.4, 0.5) is 0 Å². The predicted octanol–water partition coefficient (Wildman–Crippen LogP) is 2.59. The first-order valence-corrected chi connectivity index (χ1v) is 8.56. The lowest BCUT2D eigenvalue weighted by molar-refractivity contribution is 0.0782. The molecule has 5 nitrogen and oxygen atoms in total. The number of halogens is 1. The van der Waals surface area contributed by atoms with E-state index in [4.69, 9.17) is 11.6 Å². The maximum absolute atomic E-state index is 13.1. The number of likely N-dealkylation sites (tertiary alicyclic amines) is 1. The molecule has 2 heterocycles. The summed E-state index contributed by atoms with van der Waals surface area (Å²) in [6.45, 7) is 3.55. The lowest BCUT2D eigenvalue weighted by Crippen LogP contribution is -2.36. The molecular formula is C18H22ClN3O2. The molecule has 1 aliphatic heterocycles. The Morgan fingerprint density at radius 2 is 2.08 bits per heavy atom. The third-order valence-electron chi connectivity index (χ3n) is 4.92.